The number of anilines is 2. The van der Waals surface area contributed by atoms with E-state index in [2.05, 4.69) is 10.2 Å². The second kappa shape index (κ2) is 7.66. The molecule has 0 aliphatic heterocycles. The zero-order valence-corrected chi connectivity index (χ0v) is 13.3. The third-order valence-corrected chi connectivity index (χ3v) is 4.29. The molecule has 0 unspecified atom stereocenters. The number of hydrogen-bond acceptors (Lipinski definition) is 3. The van der Waals surface area contributed by atoms with Crippen molar-refractivity contribution in [2.24, 2.45) is 5.92 Å². The lowest BCUT2D eigenvalue weighted by Gasteiger charge is -2.26. The maximum atomic E-state index is 12.1. The van der Waals surface area contributed by atoms with E-state index in [-0.39, 0.29) is 5.91 Å². The van der Waals surface area contributed by atoms with Crippen molar-refractivity contribution in [3.63, 3.8) is 0 Å². The molecule has 5 heteroatoms. The molecular weight excluding hydrogens is 286 g/mol. The van der Waals surface area contributed by atoms with Crippen LogP contribution in [0.5, 0.6) is 0 Å². The van der Waals surface area contributed by atoms with E-state index in [1.807, 2.05) is 7.05 Å². The van der Waals surface area contributed by atoms with Gasteiger partial charge in [-0.3, -0.25) is 9.69 Å². The average molecular weight is 310 g/mol. The summed E-state index contributed by atoms with van der Waals surface area (Å²) in [6.45, 7) is 1.38. The highest BCUT2D eigenvalue weighted by Gasteiger charge is 2.17. The van der Waals surface area contributed by atoms with E-state index < -0.39 is 0 Å². The first-order chi connectivity index (χ1) is 10.0. The lowest BCUT2D eigenvalue weighted by atomic mass is 9.89. The largest absolute Gasteiger partial charge is 0.399 e. The summed E-state index contributed by atoms with van der Waals surface area (Å²) in [5.41, 5.74) is 6.84. The van der Waals surface area contributed by atoms with Crippen molar-refractivity contribution in [2.45, 2.75) is 32.1 Å². The number of nitrogens with one attached hydrogen (secondary N) is 1. The zero-order chi connectivity index (χ0) is 15.2. The molecule has 3 N–H and O–H groups in total. The number of benzene rings is 1. The number of nitrogen functional groups attached to an aromatic ring is 1. The minimum Gasteiger partial charge on any atom is -0.399 e. The molecule has 1 aromatic carbocycles. The molecule has 0 radical (unpaired) electrons. The van der Waals surface area contributed by atoms with Gasteiger partial charge in [-0.1, -0.05) is 30.9 Å². The monoisotopic (exact) mass is 309 g/mol. The van der Waals surface area contributed by atoms with Gasteiger partial charge in [-0.25, -0.2) is 0 Å². The Kier molecular flexibility index (Phi) is 5.88. The van der Waals surface area contributed by atoms with Crippen molar-refractivity contribution in [3.05, 3.63) is 23.2 Å². The summed E-state index contributed by atoms with van der Waals surface area (Å²) in [4.78, 5) is 14.2. The first kappa shape index (κ1) is 16.1. The summed E-state index contributed by atoms with van der Waals surface area (Å²) in [6, 6.07) is 5.10. The Morgan fingerprint density at radius 1 is 1.38 bits per heavy atom. The van der Waals surface area contributed by atoms with E-state index >= 15 is 0 Å². The molecule has 1 aromatic rings. The molecule has 0 spiro atoms. The highest BCUT2D eigenvalue weighted by molar-refractivity contribution is 6.34. The minimum absolute atomic E-state index is 0.0417. The Bertz CT molecular complexity index is 486. The standard InChI is InChI=1S/C16H24ClN3O/c1-20(10-12-5-3-2-4-6-12)11-16(21)19-15-8-7-13(18)9-14(15)17/h7-9,12H,2-6,10-11,18H2,1H3,(H,19,21). The third-order valence-electron chi connectivity index (χ3n) is 3.98. The second-order valence-electron chi connectivity index (χ2n) is 5.99. The molecule has 0 bridgehead atoms. The first-order valence-corrected chi connectivity index (χ1v) is 7.96. The molecule has 4 nitrogen and oxygen atoms in total. The van der Waals surface area contributed by atoms with Gasteiger partial charge in [-0.2, -0.15) is 0 Å². The average Bonchev–Trinajstić information content (AvgIpc) is 2.43. The van der Waals surface area contributed by atoms with Crippen LogP contribution < -0.4 is 11.1 Å². The van der Waals surface area contributed by atoms with Crippen molar-refractivity contribution in [1.82, 2.24) is 4.90 Å². The number of rotatable bonds is 5. The van der Waals surface area contributed by atoms with E-state index in [1.165, 1.54) is 32.1 Å². The fourth-order valence-corrected chi connectivity index (χ4v) is 3.18. The number of nitrogens with zero attached hydrogens (tertiary/aromatic N) is 1. The Morgan fingerprint density at radius 2 is 2.10 bits per heavy atom. The molecule has 1 saturated carbocycles. The van der Waals surface area contributed by atoms with E-state index in [0.717, 1.165) is 12.5 Å². The Hall–Kier alpha value is -1.26. The summed E-state index contributed by atoms with van der Waals surface area (Å²) in [7, 11) is 2.00. The van der Waals surface area contributed by atoms with Crippen LogP contribution in [0.25, 0.3) is 0 Å². The number of carbonyl (C=O) groups excluding carboxylic acids is 1. The van der Waals surface area contributed by atoms with Crippen molar-refractivity contribution in [2.75, 3.05) is 31.2 Å². The Labute approximate surface area is 131 Å². The molecule has 0 heterocycles. The van der Waals surface area contributed by atoms with Gasteiger partial charge >= 0.3 is 0 Å². The third kappa shape index (κ3) is 5.21. The number of likely N-dealkylation sites (N-methyl/N-ethyl adjacent to an activating group) is 1. The van der Waals surface area contributed by atoms with Gasteiger partial charge in [0.2, 0.25) is 5.91 Å². The molecule has 1 aliphatic rings. The summed E-state index contributed by atoms with van der Waals surface area (Å²) in [6.07, 6.45) is 6.58. The number of halogens is 1. The van der Waals surface area contributed by atoms with Crippen molar-refractivity contribution >= 4 is 28.9 Å². The van der Waals surface area contributed by atoms with E-state index in [4.69, 9.17) is 17.3 Å². The van der Waals surface area contributed by atoms with Gasteiger partial charge in [0, 0.05) is 12.2 Å². The van der Waals surface area contributed by atoms with Crippen LogP contribution in [0, 0.1) is 5.92 Å². The molecule has 21 heavy (non-hydrogen) atoms. The molecule has 0 atom stereocenters. The lowest BCUT2D eigenvalue weighted by Crippen LogP contribution is -2.34. The fraction of sp³-hybridized carbons (Fsp3) is 0.562. The van der Waals surface area contributed by atoms with Crippen LogP contribution in [0.2, 0.25) is 5.02 Å². The van der Waals surface area contributed by atoms with Crippen molar-refractivity contribution in [3.8, 4) is 0 Å². The lowest BCUT2D eigenvalue weighted by molar-refractivity contribution is -0.117. The predicted molar refractivity (Wildman–Crippen MR) is 88.6 cm³/mol. The van der Waals surface area contributed by atoms with Gasteiger partial charge in [-0.15, -0.1) is 0 Å². The molecule has 0 aromatic heterocycles. The normalized spacial score (nSPS) is 16.1. The Balaban J connectivity index is 1.80. The Morgan fingerprint density at radius 3 is 2.76 bits per heavy atom. The van der Waals surface area contributed by atoms with Crippen LogP contribution >= 0.6 is 11.6 Å². The fourth-order valence-electron chi connectivity index (χ4n) is 2.94. The molecule has 2 rings (SSSR count). The molecule has 0 saturated heterocycles. The molecule has 116 valence electrons. The van der Waals surface area contributed by atoms with Gasteiger partial charge in [0.05, 0.1) is 17.3 Å². The van der Waals surface area contributed by atoms with E-state index in [9.17, 15) is 4.79 Å². The number of carbonyl (C=O) groups is 1. The van der Waals surface area contributed by atoms with Gasteiger partial charge in [0.15, 0.2) is 0 Å². The van der Waals surface area contributed by atoms with Crippen LogP contribution in [-0.2, 0) is 4.79 Å². The van der Waals surface area contributed by atoms with Crippen LogP contribution in [0.3, 0.4) is 0 Å². The number of nitrogens with two attached hydrogens (primary N) is 1. The van der Waals surface area contributed by atoms with Crippen molar-refractivity contribution < 1.29 is 4.79 Å². The van der Waals surface area contributed by atoms with E-state index in [1.54, 1.807) is 18.2 Å². The molecule has 1 aliphatic carbocycles. The minimum atomic E-state index is -0.0417. The van der Waals surface area contributed by atoms with Crippen LogP contribution in [0.1, 0.15) is 32.1 Å². The highest BCUT2D eigenvalue weighted by atomic mass is 35.5. The second-order valence-corrected chi connectivity index (χ2v) is 6.40. The summed E-state index contributed by atoms with van der Waals surface area (Å²) < 4.78 is 0. The molecule has 1 fully saturated rings. The predicted octanol–water partition coefficient (Wildman–Crippen LogP) is 3.37. The van der Waals surface area contributed by atoms with Crippen LogP contribution in [-0.4, -0.2) is 30.9 Å². The number of hydrogen-bond donors (Lipinski definition) is 2. The van der Waals surface area contributed by atoms with Gasteiger partial charge < -0.3 is 11.1 Å². The van der Waals surface area contributed by atoms with Crippen LogP contribution in [0.15, 0.2) is 18.2 Å². The van der Waals surface area contributed by atoms with Gasteiger partial charge in [-0.05, 0) is 44.0 Å². The maximum Gasteiger partial charge on any atom is 0.238 e. The van der Waals surface area contributed by atoms with Crippen molar-refractivity contribution in [1.29, 1.82) is 0 Å². The summed E-state index contributed by atoms with van der Waals surface area (Å²) in [5.74, 6) is 0.691. The zero-order valence-electron chi connectivity index (χ0n) is 12.6. The summed E-state index contributed by atoms with van der Waals surface area (Å²) in [5, 5.41) is 3.31. The maximum absolute atomic E-state index is 12.1. The van der Waals surface area contributed by atoms with E-state index in [0.29, 0.717) is 22.9 Å². The molecular formula is C16H24ClN3O. The summed E-state index contributed by atoms with van der Waals surface area (Å²) >= 11 is 6.06. The highest BCUT2D eigenvalue weighted by Crippen LogP contribution is 2.25. The first-order valence-electron chi connectivity index (χ1n) is 7.58. The van der Waals surface area contributed by atoms with Gasteiger partial charge in [0.25, 0.3) is 0 Å². The number of amides is 1. The topological polar surface area (TPSA) is 58.4 Å². The quantitative estimate of drug-likeness (QED) is 0.820. The van der Waals surface area contributed by atoms with Gasteiger partial charge in [0.1, 0.15) is 0 Å². The SMILES string of the molecule is CN(CC(=O)Nc1ccc(N)cc1Cl)CC1CCCCC1. The smallest absolute Gasteiger partial charge is 0.238 e. The molecule has 1 amide bonds. The van der Waals surface area contributed by atoms with Crippen LogP contribution in [0.4, 0.5) is 11.4 Å².